The number of urea groups is 1. The van der Waals surface area contributed by atoms with E-state index in [2.05, 4.69) is 28.4 Å². The number of hydrogen-bond acceptors (Lipinski definition) is 3. The molecule has 0 aromatic heterocycles. The van der Waals surface area contributed by atoms with Crippen LogP contribution in [0.1, 0.15) is 50.7 Å². The number of benzene rings is 1. The summed E-state index contributed by atoms with van der Waals surface area (Å²) in [6.45, 7) is 9.97. The molecule has 2 amide bonds. The van der Waals surface area contributed by atoms with E-state index < -0.39 is 0 Å². The Morgan fingerprint density at radius 3 is 2.56 bits per heavy atom. The van der Waals surface area contributed by atoms with Crippen LogP contribution in [-0.4, -0.2) is 61.2 Å². The Balaban J connectivity index is 1.46. The molecule has 5 nitrogen and oxygen atoms in total. The Labute approximate surface area is 164 Å². The van der Waals surface area contributed by atoms with Gasteiger partial charge in [-0.05, 0) is 82.3 Å². The van der Waals surface area contributed by atoms with Gasteiger partial charge in [-0.25, -0.2) is 4.79 Å². The van der Waals surface area contributed by atoms with E-state index in [1.165, 1.54) is 43.5 Å². The summed E-state index contributed by atoms with van der Waals surface area (Å²) in [6.07, 6.45) is 6.97. The van der Waals surface area contributed by atoms with E-state index >= 15 is 0 Å². The Morgan fingerprint density at radius 1 is 1.07 bits per heavy atom. The molecule has 2 aliphatic heterocycles. The van der Waals surface area contributed by atoms with Gasteiger partial charge in [0.2, 0.25) is 0 Å². The molecule has 3 rings (SSSR count). The Morgan fingerprint density at radius 2 is 1.81 bits per heavy atom. The van der Waals surface area contributed by atoms with Crippen LogP contribution >= 0.6 is 0 Å². The molecule has 2 aliphatic rings. The molecule has 2 heterocycles. The number of likely N-dealkylation sites (tertiary alicyclic amines) is 1. The van der Waals surface area contributed by atoms with Gasteiger partial charge in [-0.1, -0.05) is 12.5 Å². The molecule has 0 atom stereocenters. The maximum Gasteiger partial charge on any atom is 0.317 e. The number of piperidine rings is 1. The summed E-state index contributed by atoms with van der Waals surface area (Å²) in [6, 6.07) is 6.67. The summed E-state index contributed by atoms with van der Waals surface area (Å²) < 4.78 is 6.01. The predicted octanol–water partition coefficient (Wildman–Crippen LogP) is 3.46. The zero-order valence-electron chi connectivity index (χ0n) is 17.0. The average molecular weight is 374 g/mol. The molecular formula is C22H35N3O2. The molecule has 1 fully saturated rings. The van der Waals surface area contributed by atoms with Gasteiger partial charge in [-0.3, -0.25) is 0 Å². The van der Waals surface area contributed by atoms with Crippen molar-refractivity contribution in [3.05, 3.63) is 29.3 Å². The summed E-state index contributed by atoms with van der Waals surface area (Å²) in [4.78, 5) is 16.8. The number of fused-ring (bicyclic) bond motifs is 1. The second-order valence-electron chi connectivity index (χ2n) is 8.13. The van der Waals surface area contributed by atoms with Gasteiger partial charge in [0.25, 0.3) is 0 Å². The van der Waals surface area contributed by atoms with Crippen LogP contribution in [0, 0.1) is 0 Å². The standard InChI is InChI=1S/C22H35N3O2/c1-18(2)23-22(26)25-14-9-19-7-8-21(17-20(19)10-15-25)27-16-6-13-24-11-4-3-5-12-24/h7-8,17-18H,3-6,9-16H2,1-2H3,(H,23,26). The van der Waals surface area contributed by atoms with Crippen molar-refractivity contribution in [1.82, 2.24) is 15.1 Å². The quantitative estimate of drug-likeness (QED) is 0.777. The van der Waals surface area contributed by atoms with Gasteiger partial charge in [0.05, 0.1) is 6.61 Å². The fraction of sp³-hybridized carbons (Fsp3) is 0.682. The molecule has 0 bridgehead atoms. The molecule has 5 heteroatoms. The minimum Gasteiger partial charge on any atom is -0.494 e. The first-order valence-corrected chi connectivity index (χ1v) is 10.6. The Hall–Kier alpha value is -1.75. The Bertz CT molecular complexity index is 612. The molecule has 1 aromatic rings. The van der Waals surface area contributed by atoms with E-state index in [4.69, 9.17) is 4.74 Å². The summed E-state index contributed by atoms with van der Waals surface area (Å²) in [5.74, 6) is 0.965. The number of nitrogens with zero attached hydrogens (tertiary/aromatic N) is 2. The van der Waals surface area contributed by atoms with E-state index in [1.807, 2.05) is 18.7 Å². The molecule has 1 aromatic carbocycles. The van der Waals surface area contributed by atoms with E-state index in [0.717, 1.165) is 51.3 Å². The monoisotopic (exact) mass is 373 g/mol. The van der Waals surface area contributed by atoms with Gasteiger partial charge >= 0.3 is 6.03 Å². The zero-order chi connectivity index (χ0) is 19.1. The van der Waals surface area contributed by atoms with Crippen molar-refractivity contribution in [2.45, 2.75) is 58.4 Å². The number of ether oxygens (including phenoxy) is 1. The van der Waals surface area contributed by atoms with Crippen LogP contribution in [0.4, 0.5) is 4.79 Å². The van der Waals surface area contributed by atoms with Crippen molar-refractivity contribution in [3.63, 3.8) is 0 Å². The van der Waals surface area contributed by atoms with E-state index in [9.17, 15) is 4.79 Å². The number of carbonyl (C=O) groups is 1. The molecule has 0 aliphatic carbocycles. The number of amides is 2. The highest BCUT2D eigenvalue weighted by atomic mass is 16.5. The van der Waals surface area contributed by atoms with Crippen LogP contribution in [0.2, 0.25) is 0 Å². The molecule has 27 heavy (non-hydrogen) atoms. The van der Waals surface area contributed by atoms with Crippen LogP contribution in [0.25, 0.3) is 0 Å². The first kappa shape index (κ1) is 20.0. The van der Waals surface area contributed by atoms with Gasteiger partial charge in [-0.15, -0.1) is 0 Å². The highest BCUT2D eigenvalue weighted by molar-refractivity contribution is 5.74. The van der Waals surface area contributed by atoms with Crippen molar-refractivity contribution in [2.75, 3.05) is 39.3 Å². The SMILES string of the molecule is CC(C)NC(=O)N1CCc2ccc(OCCCN3CCCCC3)cc2CC1. The second-order valence-corrected chi connectivity index (χ2v) is 8.13. The molecule has 0 spiro atoms. The third-order valence-corrected chi connectivity index (χ3v) is 5.52. The summed E-state index contributed by atoms with van der Waals surface area (Å²) >= 11 is 0. The fourth-order valence-corrected chi connectivity index (χ4v) is 3.99. The topological polar surface area (TPSA) is 44.8 Å². The van der Waals surface area contributed by atoms with Crippen LogP contribution < -0.4 is 10.1 Å². The van der Waals surface area contributed by atoms with Crippen LogP contribution in [0.5, 0.6) is 5.75 Å². The number of carbonyl (C=O) groups excluding carboxylic acids is 1. The van der Waals surface area contributed by atoms with Crippen molar-refractivity contribution in [1.29, 1.82) is 0 Å². The number of rotatable bonds is 6. The molecular weight excluding hydrogens is 338 g/mol. The lowest BCUT2D eigenvalue weighted by Crippen LogP contribution is -2.44. The first-order valence-electron chi connectivity index (χ1n) is 10.6. The van der Waals surface area contributed by atoms with Crippen molar-refractivity contribution < 1.29 is 9.53 Å². The van der Waals surface area contributed by atoms with Crippen molar-refractivity contribution in [3.8, 4) is 5.75 Å². The molecule has 1 saturated heterocycles. The van der Waals surface area contributed by atoms with E-state index in [0.29, 0.717) is 0 Å². The van der Waals surface area contributed by atoms with Crippen molar-refractivity contribution in [2.24, 2.45) is 0 Å². The van der Waals surface area contributed by atoms with Gasteiger partial charge in [0.15, 0.2) is 0 Å². The fourth-order valence-electron chi connectivity index (χ4n) is 3.99. The zero-order valence-corrected chi connectivity index (χ0v) is 17.0. The lowest BCUT2D eigenvalue weighted by Gasteiger charge is -2.26. The average Bonchev–Trinajstić information content (AvgIpc) is 2.88. The number of nitrogens with one attached hydrogen (secondary N) is 1. The van der Waals surface area contributed by atoms with Gasteiger partial charge < -0.3 is 19.9 Å². The second kappa shape index (κ2) is 9.98. The van der Waals surface area contributed by atoms with Crippen molar-refractivity contribution >= 4 is 6.03 Å². The highest BCUT2D eigenvalue weighted by Gasteiger charge is 2.19. The van der Waals surface area contributed by atoms with Gasteiger partial charge in [0, 0.05) is 25.7 Å². The largest absolute Gasteiger partial charge is 0.494 e. The van der Waals surface area contributed by atoms with E-state index in [-0.39, 0.29) is 12.1 Å². The molecule has 0 unspecified atom stereocenters. The maximum absolute atomic E-state index is 12.3. The smallest absolute Gasteiger partial charge is 0.317 e. The molecule has 0 radical (unpaired) electrons. The number of hydrogen-bond donors (Lipinski definition) is 1. The third kappa shape index (κ3) is 6.13. The van der Waals surface area contributed by atoms with E-state index in [1.54, 1.807) is 0 Å². The maximum atomic E-state index is 12.3. The predicted molar refractivity (Wildman–Crippen MR) is 109 cm³/mol. The first-order chi connectivity index (χ1) is 13.1. The van der Waals surface area contributed by atoms with Crippen LogP contribution in [-0.2, 0) is 12.8 Å². The third-order valence-electron chi connectivity index (χ3n) is 5.52. The molecule has 1 N–H and O–H groups in total. The molecule has 150 valence electrons. The highest BCUT2D eigenvalue weighted by Crippen LogP contribution is 2.22. The summed E-state index contributed by atoms with van der Waals surface area (Å²) in [5, 5.41) is 3.00. The minimum absolute atomic E-state index is 0.0481. The van der Waals surface area contributed by atoms with Crippen LogP contribution in [0.3, 0.4) is 0 Å². The van der Waals surface area contributed by atoms with Gasteiger partial charge in [0.1, 0.15) is 5.75 Å². The summed E-state index contributed by atoms with van der Waals surface area (Å²) in [5.41, 5.74) is 2.67. The lowest BCUT2D eigenvalue weighted by molar-refractivity contribution is 0.197. The lowest BCUT2D eigenvalue weighted by atomic mass is 10.0. The normalized spacial score (nSPS) is 18.1. The molecule has 0 saturated carbocycles. The van der Waals surface area contributed by atoms with Gasteiger partial charge in [-0.2, -0.15) is 0 Å². The Kier molecular flexibility index (Phi) is 7.39. The van der Waals surface area contributed by atoms with Crippen LogP contribution in [0.15, 0.2) is 18.2 Å². The summed E-state index contributed by atoms with van der Waals surface area (Å²) in [7, 11) is 0. The minimum atomic E-state index is 0.0481.